The van der Waals surface area contributed by atoms with Gasteiger partial charge in [0.25, 0.3) is 0 Å². The van der Waals surface area contributed by atoms with Gasteiger partial charge in [0.05, 0.1) is 17.9 Å². The quantitative estimate of drug-likeness (QED) is 0.738. The molecule has 0 spiro atoms. The second kappa shape index (κ2) is 7.36. The molecule has 0 aliphatic heterocycles. The molecule has 0 aromatic carbocycles. The lowest BCUT2D eigenvalue weighted by Gasteiger charge is -2.19. The zero-order chi connectivity index (χ0) is 15.2. The summed E-state index contributed by atoms with van der Waals surface area (Å²) in [7, 11) is 0. The van der Waals surface area contributed by atoms with E-state index in [1.807, 2.05) is 0 Å². The number of ether oxygens (including phenoxy) is 1. The number of nitrogens with one attached hydrogen (secondary N) is 1. The molecule has 0 atom stereocenters. The van der Waals surface area contributed by atoms with E-state index in [0.29, 0.717) is 23.8 Å². The normalized spacial score (nSPS) is 14.3. The highest BCUT2D eigenvalue weighted by molar-refractivity contribution is 5.90. The molecule has 1 saturated carbocycles. The van der Waals surface area contributed by atoms with E-state index in [9.17, 15) is 4.79 Å². The van der Waals surface area contributed by atoms with E-state index in [2.05, 4.69) is 27.1 Å². The van der Waals surface area contributed by atoms with Crippen LogP contribution < -0.4 is 5.32 Å². The van der Waals surface area contributed by atoms with E-state index in [-0.39, 0.29) is 5.97 Å². The summed E-state index contributed by atoms with van der Waals surface area (Å²) >= 11 is 0. The second-order valence-corrected chi connectivity index (χ2v) is 5.20. The number of esters is 1. The van der Waals surface area contributed by atoms with E-state index in [4.69, 9.17) is 4.74 Å². The summed E-state index contributed by atoms with van der Waals surface area (Å²) < 4.78 is 4.96. The van der Waals surface area contributed by atoms with Crippen molar-refractivity contribution in [2.75, 3.05) is 31.6 Å². The zero-order valence-electron chi connectivity index (χ0n) is 13.1. The highest BCUT2D eigenvalue weighted by atomic mass is 16.5. The molecule has 116 valence electrons. The van der Waals surface area contributed by atoms with Gasteiger partial charge in [-0.2, -0.15) is 0 Å². The lowest BCUT2D eigenvalue weighted by molar-refractivity contribution is 0.0524. The standard InChI is InChI=1S/C15H24N4O2/c1-4-19(12-6-7-12)9-8-16-15-17-10-13(11(3)18-15)14(20)21-5-2/h10,12H,4-9H2,1-3H3,(H,16,17,18). The Morgan fingerprint density at radius 3 is 2.81 bits per heavy atom. The van der Waals surface area contributed by atoms with Crippen LogP contribution in [0.4, 0.5) is 5.95 Å². The molecule has 1 fully saturated rings. The van der Waals surface area contributed by atoms with Gasteiger partial charge in [0, 0.05) is 25.3 Å². The lowest BCUT2D eigenvalue weighted by Crippen LogP contribution is -2.31. The Balaban J connectivity index is 1.86. The molecule has 0 radical (unpaired) electrons. The molecule has 0 saturated heterocycles. The van der Waals surface area contributed by atoms with Gasteiger partial charge in [0.2, 0.25) is 5.95 Å². The third kappa shape index (κ3) is 4.39. The molecule has 1 N–H and O–H groups in total. The Hall–Kier alpha value is -1.69. The summed E-state index contributed by atoms with van der Waals surface area (Å²) in [5.74, 6) is 0.194. The average molecular weight is 292 g/mol. The number of carbonyl (C=O) groups is 1. The Labute approximate surface area is 125 Å². The maximum atomic E-state index is 11.7. The summed E-state index contributed by atoms with van der Waals surface area (Å²) in [6.07, 6.45) is 4.16. The number of aromatic nitrogens is 2. The SMILES string of the molecule is CCOC(=O)c1cnc(NCCN(CC)C2CC2)nc1C. The van der Waals surface area contributed by atoms with Crippen LogP contribution in [-0.2, 0) is 4.74 Å². The van der Waals surface area contributed by atoms with Gasteiger partial charge in [-0.25, -0.2) is 14.8 Å². The topological polar surface area (TPSA) is 67.3 Å². The van der Waals surface area contributed by atoms with E-state index < -0.39 is 0 Å². The van der Waals surface area contributed by atoms with Crippen molar-refractivity contribution in [2.45, 2.75) is 39.7 Å². The van der Waals surface area contributed by atoms with Crippen LogP contribution >= 0.6 is 0 Å². The smallest absolute Gasteiger partial charge is 0.341 e. The number of rotatable bonds is 8. The molecule has 0 bridgehead atoms. The van der Waals surface area contributed by atoms with Gasteiger partial charge in [0.1, 0.15) is 0 Å². The number of hydrogen-bond acceptors (Lipinski definition) is 6. The molecule has 1 aliphatic rings. The number of hydrogen-bond donors (Lipinski definition) is 1. The van der Waals surface area contributed by atoms with Gasteiger partial charge in [-0.3, -0.25) is 4.90 Å². The molecule has 1 aliphatic carbocycles. The molecule has 21 heavy (non-hydrogen) atoms. The van der Waals surface area contributed by atoms with Gasteiger partial charge >= 0.3 is 5.97 Å². The maximum Gasteiger partial charge on any atom is 0.341 e. The highest BCUT2D eigenvalue weighted by Crippen LogP contribution is 2.25. The Morgan fingerprint density at radius 2 is 2.24 bits per heavy atom. The van der Waals surface area contributed by atoms with Gasteiger partial charge in [-0.1, -0.05) is 6.92 Å². The molecule has 1 aromatic rings. The van der Waals surface area contributed by atoms with E-state index >= 15 is 0 Å². The summed E-state index contributed by atoms with van der Waals surface area (Å²) in [6.45, 7) is 8.99. The molecule has 0 amide bonds. The van der Waals surface area contributed by atoms with E-state index in [0.717, 1.165) is 25.7 Å². The molecular formula is C15H24N4O2. The predicted molar refractivity (Wildman–Crippen MR) is 81.5 cm³/mol. The molecule has 1 aromatic heterocycles. The van der Waals surface area contributed by atoms with Crippen LogP contribution in [0.15, 0.2) is 6.20 Å². The minimum absolute atomic E-state index is 0.353. The minimum atomic E-state index is -0.368. The fraction of sp³-hybridized carbons (Fsp3) is 0.667. The fourth-order valence-electron chi connectivity index (χ4n) is 2.31. The van der Waals surface area contributed by atoms with Gasteiger partial charge in [0.15, 0.2) is 0 Å². The Morgan fingerprint density at radius 1 is 1.48 bits per heavy atom. The van der Waals surface area contributed by atoms with Crippen molar-refractivity contribution in [1.82, 2.24) is 14.9 Å². The van der Waals surface area contributed by atoms with E-state index in [1.165, 1.54) is 19.0 Å². The molecule has 1 heterocycles. The van der Waals surface area contributed by atoms with Crippen molar-refractivity contribution in [3.63, 3.8) is 0 Å². The molecule has 6 nitrogen and oxygen atoms in total. The zero-order valence-corrected chi connectivity index (χ0v) is 13.1. The minimum Gasteiger partial charge on any atom is -0.462 e. The molecule has 0 unspecified atom stereocenters. The van der Waals surface area contributed by atoms with Crippen molar-refractivity contribution in [1.29, 1.82) is 0 Å². The largest absolute Gasteiger partial charge is 0.462 e. The third-order valence-electron chi connectivity index (χ3n) is 3.63. The van der Waals surface area contributed by atoms with Gasteiger partial charge in [-0.15, -0.1) is 0 Å². The molecule has 2 rings (SSSR count). The first-order valence-corrected chi connectivity index (χ1v) is 7.64. The highest BCUT2D eigenvalue weighted by Gasteiger charge is 2.27. The fourth-order valence-corrected chi connectivity index (χ4v) is 2.31. The summed E-state index contributed by atoms with van der Waals surface area (Å²) in [4.78, 5) is 22.6. The van der Waals surface area contributed by atoms with Crippen LogP contribution in [0.1, 0.15) is 42.7 Å². The first-order valence-electron chi connectivity index (χ1n) is 7.64. The number of aryl methyl sites for hydroxylation is 1. The number of anilines is 1. The van der Waals surface area contributed by atoms with Crippen LogP contribution in [0.2, 0.25) is 0 Å². The summed E-state index contributed by atoms with van der Waals surface area (Å²) in [6, 6.07) is 0.769. The predicted octanol–water partition coefficient (Wildman–Crippen LogP) is 1.86. The van der Waals surface area contributed by atoms with Gasteiger partial charge in [-0.05, 0) is 33.2 Å². The molecule has 6 heteroatoms. The maximum absolute atomic E-state index is 11.7. The van der Waals surface area contributed by atoms with Crippen molar-refractivity contribution >= 4 is 11.9 Å². The number of carbonyl (C=O) groups excluding carboxylic acids is 1. The van der Waals surface area contributed by atoms with Crippen LogP contribution in [0.3, 0.4) is 0 Å². The van der Waals surface area contributed by atoms with Crippen LogP contribution in [0.5, 0.6) is 0 Å². The van der Waals surface area contributed by atoms with E-state index in [1.54, 1.807) is 13.8 Å². The molecular weight excluding hydrogens is 268 g/mol. The second-order valence-electron chi connectivity index (χ2n) is 5.20. The van der Waals surface area contributed by atoms with Crippen molar-refractivity contribution in [3.8, 4) is 0 Å². The first-order chi connectivity index (χ1) is 10.2. The first kappa shape index (κ1) is 15.7. The van der Waals surface area contributed by atoms with Crippen molar-refractivity contribution in [2.24, 2.45) is 0 Å². The van der Waals surface area contributed by atoms with Crippen LogP contribution in [0, 0.1) is 6.92 Å². The summed E-state index contributed by atoms with van der Waals surface area (Å²) in [5.41, 5.74) is 1.07. The Bertz CT molecular complexity index is 489. The third-order valence-corrected chi connectivity index (χ3v) is 3.63. The summed E-state index contributed by atoms with van der Waals surface area (Å²) in [5, 5.41) is 3.22. The van der Waals surface area contributed by atoms with Crippen LogP contribution in [-0.4, -0.2) is 53.1 Å². The Kier molecular flexibility index (Phi) is 5.50. The lowest BCUT2D eigenvalue weighted by atomic mass is 10.2. The van der Waals surface area contributed by atoms with Crippen molar-refractivity contribution < 1.29 is 9.53 Å². The number of nitrogens with zero attached hydrogens (tertiary/aromatic N) is 3. The van der Waals surface area contributed by atoms with Crippen molar-refractivity contribution in [3.05, 3.63) is 17.5 Å². The van der Waals surface area contributed by atoms with Gasteiger partial charge < -0.3 is 10.1 Å². The number of likely N-dealkylation sites (N-methyl/N-ethyl adjacent to an activating group) is 1. The van der Waals surface area contributed by atoms with Crippen LogP contribution in [0.25, 0.3) is 0 Å². The average Bonchev–Trinajstić information content (AvgIpc) is 3.28. The monoisotopic (exact) mass is 292 g/mol.